The lowest BCUT2D eigenvalue weighted by Crippen LogP contribution is -2.80. The van der Waals surface area contributed by atoms with Gasteiger partial charge in [-0.05, 0) is 22.3 Å². The molecule has 3 rings (SSSR count). The summed E-state index contributed by atoms with van der Waals surface area (Å²) in [4.78, 5) is 0. The van der Waals surface area contributed by atoms with Gasteiger partial charge in [0.2, 0.25) is 0 Å². The van der Waals surface area contributed by atoms with Crippen LogP contribution in [0.3, 0.4) is 0 Å². The predicted molar refractivity (Wildman–Crippen MR) is 191 cm³/mol. The van der Waals surface area contributed by atoms with Gasteiger partial charge in [0.1, 0.15) is 0 Å². The Morgan fingerprint density at radius 2 is 1.00 bits per heavy atom. The minimum atomic E-state index is 0.0458. The SMILES string of the molecule is BBB(B(B)B)B(B(B)B)C1(B(B(B)B)B(B)B(B)B)c2ccccc2-c2ccccc21. The van der Waals surface area contributed by atoms with E-state index in [1.54, 1.807) is 11.1 Å². The van der Waals surface area contributed by atoms with E-state index in [2.05, 4.69) is 126 Å². The minimum absolute atomic E-state index is 0.0458. The van der Waals surface area contributed by atoms with Crippen LogP contribution in [-0.2, 0) is 5.21 Å². The highest BCUT2D eigenvalue weighted by atomic mass is 14.3. The molecule has 0 bridgehead atoms. The maximum atomic E-state index is 2.54. The van der Waals surface area contributed by atoms with Crippen molar-refractivity contribution in [1.82, 2.24) is 0 Å². The van der Waals surface area contributed by atoms with Gasteiger partial charge in [0.25, 0.3) is 0 Å². The zero-order valence-corrected chi connectivity index (χ0v) is 22.4. The van der Waals surface area contributed by atoms with Gasteiger partial charge in [0, 0.05) is 45.4 Å². The quantitative estimate of drug-likeness (QED) is 0.373. The first kappa shape index (κ1) is 26.3. The largest absolute Gasteiger partial charge is 0.0620 e. The van der Waals surface area contributed by atoms with Crippen molar-refractivity contribution >= 4 is 136 Å². The van der Waals surface area contributed by atoms with E-state index >= 15 is 0 Å². The first-order chi connectivity index (χ1) is 15.1. The Balaban J connectivity index is 2.50. The van der Waals surface area contributed by atoms with Crippen LogP contribution < -0.4 is 0 Å². The molecule has 0 saturated carbocycles. The van der Waals surface area contributed by atoms with Crippen LogP contribution in [0.25, 0.3) is 11.1 Å². The molecule has 0 heterocycles. The fourth-order valence-electron chi connectivity index (χ4n) is 7.70. The summed E-state index contributed by atoms with van der Waals surface area (Å²) in [6, 6.07) is 18.8. The Hall–Kier alpha value is -0.326. The molecule has 32 heavy (non-hydrogen) atoms. The monoisotopic (exact) mass is 394 g/mol. The molecule has 138 valence electrons. The number of rotatable bonds is 9. The second kappa shape index (κ2) is 10.5. The van der Waals surface area contributed by atoms with Crippen molar-refractivity contribution in [3.05, 3.63) is 59.7 Å². The van der Waals surface area contributed by atoms with Crippen molar-refractivity contribution in [1.29, 1.82) is 0 Å². The Labute approximate surface area is 211 Å². The van der Waals surface area contributed by atoms with Crippen molar-refractivity contribution in [2.75, 3.05) is 0 Å². The first-order valence-electron chi connectivity index (χ1n) is 13.3. The number of fused-ring (bicyclic) bond motifs is 3. The van der Waals surface area contributed by atoms with E-state index in [9.17, 15) is 0 Å². The zero-order chi connectivity index (χ0) is 23.8. The van der Waals surface area contributed by atoms with Crippen molar-refractivity contribution in [3.63, 3.8) is 0 Å². The predicted octanol–water partition coefficient (Wildman–Crippen LogP) is -9.89. The molecule has 0 saturated heterocycles. The molecule has 2 aromatic carbocycles. The Morgan fingerprint density at radius 3 is 1.34 bits per heavy atom. The van der Waals surface area contributed by atoms with Crippen LogP contribution in [0.1, 0.15) is 11.1 Å². The maximum Gasteiger partial charge on any atom is 0.0594 e. The second-order valence-electron chi connectivity index (χ2n) is 11.9. The van der Waals surface area contributed by atoms with E-state index in [-0.39, 0.29) is 5.21 Å². The summed E-state index contributed by atoms with van der Waals surface area (Å²) in [6.45, 7) is 1.19. The van der Waals surface area contributed by atoms with Gasteiger partial charge in [0.05, 0.1) is 90.4 Å². The lowest BCUT2D eigenvalue weighted by molar-refractivity contribution is 1.06. The third-order valence-electron chi connectivity index (χ3n) is 8.93. The highest BCUT2D eigenvalue weighted by Crippen LogP contribution is 2.52. The third-order valence-corrected chi connectivity index (χ3v) is 8.93. The van der Waals surface area contributed by atoms with E-state index in [1.165, 1.54) is 18.2 Å². The van der Waals surface area contributed by atoms with Crippen LogP contribution in [0, 0.1) is 0 Å². The van der Waals surface area contributed by atoms with Gasteiger partial charge < -0.3 is 0 Å². The summed E-state index contributed by atoms with van der Waals surface area (Å²) < 4.78 is 0. The average Bonchev–Trinajstić information content (AvgIpc) is 3.02. The lowest BCUT2D eigenvalue weighted by atomic mass is 8.51. The van der Waals surface area contributed by atoms with Crippen LogP contribution in [0.4, 0.5) is 0 Å². The third kappa shape index (κ3) is 4.26. The van der Waals surface area contributed by atoms with Gasteiger partial charge in [-0.3, -0.25) is 0 Å². The van der Waals surface area contributed by atoms with Crippen LogP contribution in [0.2, 0.25) is 0 Å². The van der Waals surface area contributed by atoms with Crippen molar-refractivity contribution < 1.29 is 0 Å². The van der Waals surface area contributed by atoms with Crippen molar-refractivity contribution in [3.8, 4) is 11.1 Å². The highest BCUT2D eigenvalue weighted by Gasteiger charge is 2.59. The standard InChI is InChI=1S/C13H29B19/c14-24-32(30(21)22)26(28(17)18)13(25(27(15)16)31(23)29(19)20)11-7-3-1-5-9(11)10-6-2-4-8-12(10)13/h1-8,24H,14-23H2. The summed E-state index contributed by atoms with van der Waals surface area (Å²) in [5, 5.41) is 0.0458. The van der Waals surface area contributed by atoms with E-state index in [1.807, 2.05) is 0 Å². The molecule has 0 unspecified atom stereocenters. The molecule has 1 aliphatic rings. The first-order valence-corrected chi connectivity index (χ1v) is 13.3. The molecule has 1 aliphatic carbocycles. The van der Waals surface area contributed by atoms with Gasteiger partial charge in [-0.1, -0.05) is 53.7 Å². The molecular weight excluding hydrogens is 362 g/mol. The van der Waals surface area contributed by atoms with Gasteiger partial charge in [0.15, 0.2) is 0 Å². The highest BCUT2D eigenvalue weighted by molar-refractivity contribution is 7.99. The molecule has 0 radical (unpaired) electrons. The lowest BCUT2D eigenvalue weighted by Gasteiger charge is -2.53. The fraction of sp³-hybridized carbons (Fsp3) is 0.0769. The van der Waals surface area contributed by atoms with E-state index in [0.29, 0.717) is 51.3 Å². The average molecular weight is 391 g/mol. The van der Waals surface area contributed by atoms with E-state index in [4.69, 9.17) is 0 Å². The van der Waals surface area contributed by atoms with Gasteiger partial charge in [-0.15, -0.1) is 0 Å². The molecule has 0 aliphatic heterocycles. The van der Waals surface area contributed by atoms with Crippen molar-refractivity contribution in [2.45, 2.75) is 5.21 Å². The zero-order valence-electron chi connectivity index (χ0n) is 22.4. The van der Waals surface area contributed by atoms with Gasteiger partial charge >= 0.3 is 0 Å². The number of hydrogen-bond donors (Lipinski definition) is 0. The normalized spacial score (nSPS) is 12.6. The Bertz CT molecular complexity index is 870. The summed E-state index contributed by atoms with van der Waals surface area (Å²) in [7, 11) is 26.0. The van der Waals surface area contributed by atoms with Gasteiger partial charge in [-0.2, -0.15) is 0 Å². The van der Waals surface area contributed by atoms with Gasteiger partial charge in [-0.25, -0.2) is 0 Å². The molecule has 0 fully saturated rings. The fourth-order valence-corrected chi connectivity index (χ4v) is 7.70. The number of benzene rings is 2. The topological polar surface area (TPSA) is 0 Å². The Morgan fingerprint density at radius 1 is 0.562 bits per heavy atom. The molecule has 2 aromatic rings. The maximum absolute atomic E-state index is 2.54. The molecule has 0 aromatic heterocycles. The molecular formula is C13H29B19. The minimum Gasteiger partial charge on any atom is -0.0620 e. The smallest absolute Gasteiger partial charge is 0.0594 e. The summed E-state index contributed by atoms with van der Waals surface area (Å²) in [5.41, 5.74) is 6.17. The summed E-state index contributed by atoms with van der Waals surface area (Å²) in [5.74, 6) is 0. The summed E-state index contributed by atoms with van der Waals surface area (Å²) >= 11 is 0. The molecule has 0 amide bonds. The summed E-state index contributed by atoms with van der Waals surface area (Å²) in [6.07, 6.45) is 3.88. The van der Waals surface area contributed by atoms with Crippen LogP contribution in [0.5, 0.6) is 0 Å². The molecule has 19 heteroatoms. The van der Waals surface area contributed by atoms with Crippen LogP contribution >= 0.6 is 0 Å². The molecule has 0 atom stereocenters. The Kier molecular flexibility index (Phi) is 8.64. The van der Waals surface area contributed by atoms with E-state index < -0.39 is 0 Å². The van der Waals surface area contributed by atoms with E-state index in [0.717, 1.165) is 0 Å². The molecule has 0 N–H and O–H groups in total. The van der Waals surface area contributed by atoms with Crippen LogP contribution in [-0.4, -0.2) is 136 Å². The van der Waals surface area contributed by atoms with Crippen LogP contribution in [0.15, 0.2) is 48.5 Å². The molecule has 0 nitrogen and oxygen atoms in total. The number of hydrogen-bond acceptors (Lipinski definition) is 0. The molecule has 0 spiro atoms. The van der Waals surface area contributed by atoms with Crippen molar-refractivity contribution in [2.24, 2.45) is 0 Å². The second-order valence-corrected chi connectivity index (χ2v) is 11.9.